The highest BCUT2D eigenvalue weighted by molar-refractivity contribution is 14.0. The number of piperazine rings is 1. The molecule has 1 fully saturated rings. The van der Waals surface area contributed by atoms with E-state index in [1.54, 1.807) is 26.3 Å². The number of nitrogens with zero attached hydrogens (tertiary/aromatic N) is 3. The highest BCUT2D eigenvalue weighted by Gasteiger charge is 2.22. The summed E-state index contributed by atoms with van der Waals surface area (Å²) in [5, 5.41) is 3.29. The third kappa shape index (κ3) is 6.98. The number of guanidine groups is 1. The number of methoxy groups -OCH3 is 1. The van der Waals surface area contributed by atoms with E-state index in [2.05, 4.69) is 32.2 Å². The van der Waals surface area contributed by atoms with Crippen molar-refractivity contribution in [1.29, 1.82) is 0 Å². The molecule has 1 unspecified atom stereocenters. The first kappa shape index (κ1) is 25.7. The lowest BCUT2D eigenvalue weighted by Gasteiger charge is -2.38. The van der Waals surface area contributed by atoms with E-state index in [1.165, 1.54) is 12.1 Å². The second-order valence-electron chi connectivity index (χ2n) is 7.53. The van der Waals surface area contributed by atoms with Crippen LogP contribution in [0, 0.1) is 11.7 Å². The van der Waals surface area contributed by atoms with E-state index in [9.17, 15) is 9.18 Å². The number of hydrogen-bond donors (Lipinski definition) is 2. The Bertz CT molecular complexity index is 884. The number of carbonyl (C=O) groups excluding carboxylic acids is 1. The van der Waals surface area contributed by atoms with Gasteiger partial charge in [0, 0.05) is 45.5 Å². The van der Waals surface area contributed by atoms with Crippen molar-refractivity contribution in [2.75, 3.05) is 51.8 Å². The average Bonchev–Trinajstić information content (AvgIpc) is 2.80. The van der Waals surface area contributed by atoms with Crippen LogP contribution in [0.1, 0.15) is 5.56 Å². The zero-order valence-electron chi connectivity index (χ0n) is 18.5. The Morgan fingerprint density at radius 3 is 2.28 bits per heavy atom. The second-order valence-corrected chi connectivity index (χ2v) is 7.53. The highest BCUT2D eigenvalue weighted by atomic mass is 127. The van der Waals surface area contributed by atoms with Crippen molar-refractivity contribution in [3.63, 3.8) is 0 Å². The van der Waals surface area contributed by atoms with Gasteiger partial charge in [-0.1, -0.05) is 12.1 Å². The van der Waals surface area contributed by atoms with E-state index < -0.39 is 11.8 Å². The summed E-state index contributed by atoms with van der Waals surface area (Å²) in [5.41, 5.74) is 7.64. The van der Waals surface area contributed by atoms with E-state index in [4.69, 9.17) is 10.5 Å². The number of aliphatic imine (C=N–C) groups is 1. The number of nitrogens with one attached hydrogen (secondary N) is 1. The molecule has 9 heteroatoms. The third-order valence-corrected chi connectivity index (χ3v) is 5.53. The largest absolute Gasteiger partial charge is 0.497 e. The fourth-order valence-electron chi connectivity index (χ4n) is 3.69. The van der Waals surface area contributed by atoms with Crippen LogP contribution in [0.3, 0.4) is 0 Å². The Morgan fingerprint density at radius 1 is 1.12 bits per heavy atom. The van der Waals surface area contributed by atoms with Gasteiger partial charge in [-0.25, -0.2) is 4.39 Å². The first-order chi connectivity index (χ1) is 15.0. The molecule has 2 aromatic carbocycles. The molecule has 0 radical (unpaired) electrons. The monoisotopic (exact) mass is 555 g/mol. The van der Waals surface area contributed by atoms with E-state index in [1.807, 2.05) is 12.1 Å². The first-order valence-corrected chi connectivity index (χ1v) is 10.4. The molecule has 0 spiro atoms. The maximum Gasteiger partial charge on any atom is 0.222 e. The lowest BCUT2D eigenvalue weighted by molar-refractivity contribution is -0.121. The van der Waals surface area contributed by atoms with Crippen LogP contribution in [0.5, 0.6) is 5.75 Å². The third-order valence-electron chi connectivity index (χ3n) is 5.53. The minimum atomic E-state index is -0.414. The van der Waals surface area contributed by atoms with Crippen molar-refractivity contribution >= 4 is 41.5 Å². The summed E-state index contributed by atoms with van der Waals surface area (Å²) in [6.07, 6.45) is 0.449. The standard InChI is InChI=1S/C23H30FN5O2.HI/c1-26-23(27-16-18(22(25)30)15-17-3-5-19(24)6-4-17)29-13-11-28(12-14-29)20-7-9-21(31-2)10-8-20;/h3-10,18H,11-16H2,1-2H3,(H2,25,30)(H,26,27);1H. The average molecular weight is 555 g/mol. The van der Waals surface area contributed by atoms with Crippen LogP contribution >= 0.6 is 24.0 Å². The summed E-state index contributed by atoms with van der Waals surface area (Å²) < 4.78 is 18.3. The molecule has 0 saturated carbocycles. The van der Waals surface area contributed by atoms with Crippen LogP contribution < -0.4 is 20.7 Å². The number of benzene rings is 2. The predicted molar refractivity (Wildman–Crippen MR) is 136 cm³/mol. The summed E-state index contributed by atoms with van der Waals surface area (Å²) in [6, 6.07) is 14.2. The number of hydrogen-bond acceptors (Lipinski definition) is 4. The molecule has 3 N–H and O–H groups in total. The van der Waals surface area contributed by atoms with Crippen molar-refractivity contribution in [2.45, 2.75) is 6.42 Å². The van der Waals surface area contributed by atoms with E-state index in [0.717, 1.165) is 49.1 Å². The normalized spacial score (nSPS) is 15.0. The number of carbonyl (C=O) groups is 1. The Labute approximate surface area is 205 Å². The van der Waals surface area contributed by atoms with E-state index in [-0.39, 0.29) is 29.8 Å². The SMILES string of the molecule is CN=C(NCC(Cc1ccc(F)cc1)C(N)=O)N1CCN(c2ccc(OC)cc2)CC1.I. The van der Waals surface area contributed by atoms with Gasteiger partial charge in [-0.2, -0.15) is 0 Å². The molecule has 32 heavy (non-hydrogen) atoms. The highest BCUT2D eigenvalue weighted by Crippen LogP contribution is 2.20. The molecule has 2 aromatic rings. The molecule has 1 aliphatic heterocycles. The second kappa shape index (κ2) is 12.5. The summed E-state index contributed by atoms with van der Waals surface area (Å²) in [6.45, 7) is 3.72. The minimum absolute atomic E-state index is 0. The van der Waals surface area contributed by atoms with Gasteiger partial charge in [0.05, 0.1) is 13.0 Å². The number of nitrogens with two attached hydrogens (primary N) is 1. The maximum absolute atomic E-state index is 13.1. The van der Waals surface area contributed by atoms with Gasteiger partial charge in [0.1, 0.15) is 11.6 Å². The molecule has 174 valence electrons. The van der Waals surface area contributed by atoms with Gasteiger partial charge in [0.15, 0.2) is 5.96 Å². The lowest BCUT2D eigenvalue weighted by Crippen LogP contribution is -2.53. The number of primary amides is 1. The quantitative estimate of drug-likeness (QED) is 0.312. The Morgan fingerprint density at radius 2 is 1.75 bits per heavy atom. The van der Waals surface area contributed by atoms with Gasteiger partial charge in [0.2, 0.25) is 5.91 Å². The molecular formula is C23H31FIN5O2. The first-order valence-electron chi connectivity index (χ1n) is 10.4. The maximum atomic E-state index is 13.1. The molecule has 1 saturated heterocycles. The van der Waals surface area contributed by atoms with E-state index in [0.29, 0.717) is 13.0 Å². The lowest BCUT2D eigenvalue weighted by atomic mass is 9.98. The molecule has 3 rings (SSSR count). The van der Waals surface area contributed by atoms with Crippen LogP contribution in [0.2, 0.25) is 0 Å². The molecule has 1 aliphatic rings. The number of anilines is 1. The van der Waals surface area contributed by atoms with Gasteiger partial charge in [-0.3, -0.25) is 9.79 Å². The molecule has 1 heterocycles. The number of ether oxygens (including phenoxy) is 1. The Hall–Kier alpha value is -2.56. The molecular weight excluding hydrogens is 524 g/mol. The van der Waals surface area contributed by atoms with Crippen LogP contribution in [0.4, 0.5) is 10.1 Å². The van der Waals surface area contributed by atoms with Gasteiger partial charge < -0.3 is 25.6 Å². The molecule has 1 atom stereocenters. The van der Waals surface area contributed by atoms with Crippen LogP contribution in [-0.2, 0) is 11.2 Å². The molecule has 0 aromatic heterocycles. The molecule has 1 amide bonds. The van der Waals surface area contributed by atoms with Crippen molar-refractivity contribution in [3.8, 4) is 5.75 Å². The van der Waals surface area contributed by atoms with Crippen LogP contribution in [0.15, 0.2) is 53.5 Å². The van der Waals surface area contributed by atoms with Crippen LogP contribution in [-0.4, -0.2) is 63.6 Å². The fourth-order valence-corrected chi connectivity index (χ4v) is 3.69. The zero-order valence-corrected chi connectivity index (χ0v) is 20.8. The predicted octanol–water partition coefficient (Wildman–Crippen LogP) is 2.49. The summed E-state index contributed by atoms with van der Waals surface area (Å²) in [7, 11) is 3.40. The van der Waals surface area contributed by atoms with Gasteiger partial charge in [0.25, 0.3) is 0 Å². The van der Waals surface area contributed by atoms with Crippen molar-refractivity contribution in [3.05, 3.63) is 59.9 Å². The molecule has 7 nitrogen and oxygen atoms in total. The Balaban J connectivity index is 0.00000363. The van der Waals surface area contributed by atoms with Gasteiger partial charge >= 0.3 is 0 Å². The number of amides is 1. The summed E-state index contributed by atoms with van der Waals surface area (Å²) >= 11 is 0. The number of rotatable bonds is 7. The van der Waals surface area contributed by atoms with Crippen molar-refractivity contribution in [1.82, 2.24) is 10.2 Å². The van der Waals surface area contributed by atoms with Crippen LogP contribution in [0.25, 0.3) is 0 Å². The zero-order chi connectivity index (χ0) is 22.2. The topological polar surface area (TPSA) is 83.2 Å². The smallest absolute Gasteiger partial charge is 0.222 e. The van der Waals surface area contributed by atoms with E-state index >= 15 is 0 Å². The number of halogens is 2. The summed E-state index contributed by atoms with van der Waals surface area (Å²) in [5.74, 6) is 0.488. The van der Waals surface area contributed by atoms with Crippen molar-refractivity contribution in [2.24, 2.45) is 16.6 Å². The minimum Gasteiger partial charge on any atom is -0.497 e. The Kier molecular flexibility index (Phi) is 10.0. The fraction of sp³-hybridized carbons (Fsp3) is 0.391. The molecule has 0 bridgehead atoms. The van der Waals surface area contributed by atoms with Gasteiger partial charge in [-0.05, 0) is 48.4 Å². The van der Waals surface area contributed by atoms with Crippen molar-refractivity contribution < 1.29 is 13.9 Å². The molecule has 0 aliphatic carbocycles. The van der Waals surface area contributed by atoms with Gasteiger partial charge in [-0.15, -0.1) is 24.0 Å². The summed E-state index contributed by atoms with van der Waals surface area (Å²) in [4.78, 5) is 20.8.